The van der Waals surface area contributed by atoms with E-state index in [9.17, 15) is 4.79 Å². The molecule has 0 radical (unpaired) electrons. The van der Waals surface area contributed by atoms with Crippen LogP contribution in [0.25, 0.3) is 0 Å². The van der Waals surface area contributed by atoms with Crippen molar-refractivity contribution >= 4 is 24.0 Å². The molecule has 1 atom stereocenters. The fourth-order valence-corrected chi connectivity index (χ4v) is 2.49. The molecule has 5 heteroatoms. The molecule has 1 aliphatic rings. The molecule has 1 aromatic rings. The van der Waals surface area contributed by atoms with Crippen molar-refractivity contribution in [3.05, 3.63) is 24.3 Å². The standard InChI is InChI=1S/C16H24N2O2.ClH/c1-12(13-4-5-13)18(16(19)10-11-17-2)14-6-8-15(20-3)9-7-14;/h6-9,12-13,17H,4-5,10-11H2,1-3H3;1H. The van der Waals surface area contributed by atoms with E-state index in [1.807, 2.05) is 36.2 Å². The minimum absolute atomic E-state index is 0. The molecular formula is C16H25ClN2O2. The predicted octanol–water partition coefficient (Wildman–Crippen LogP) is 2.86. The summed E-state index contributed by atoms with van der Waals surface area (Å²) in [6.45, 7) is 2.86. The molecule has 1 saturated carbocycles. The molecule has 2 rings (SSSR count). The van der Waals surface area contributed by atoms with Gasteiger partial charge >= 0.3 is 0 Å². The number of ether oxygens (including phenoxy) is 1. The zero-order valence-electron chi connectivity index (χ0n) is 13.0. The van der Waals surface area contributed by atoms with Crippen LogP contribution in [0.4, 0.5) is 5.69 Å². The minimum atomic E-state index is 0. The summed E-state index contributed by atoms with van der Waals surface area (Å²) < 4.78 is 5.18. The second-order valence-electron chi connectivity index (χ2n) is 5.39. The molecular weight excluding hydrogens is 288 g/mol. The number of hydrogen-bond acceptors (Lipinski definition) is 3. The molecule has 0 bridgehead atoms. The van der Waals surface area contributed by atoms with E-state index in [4.69, 9.17) is 4.74 Å². The third kappa shape index (κ3) is 4.61. The lowest BCUT2D eigenvalue weighted by Crippen LogP contribution is -2.41. The first-order chi connectivity index (χ1) is 9.67. The average Bonchev–Trinajstić information content (AvgIpc) is 3.30. The summed E-state index contributed by atoms with van der Waals surface area (Å²) in [5.41, 5.74) is 0.964. The van der Waals surface area contributed by atoms with Gasteiger partial charge in [-0.2, -0.15) is 0 Å². The van der Waals surface area contributed by atoms with Crippen molar-refractivity contribution in [2.24, 2.45) is 5.92 Å². The highest BCUT2D eigenvalue weighted by atomic mass is 35.5. The van der Waals surface area contributed by atoms with Crippen molar-refractivity contribution in [1.82, 2.24) is 5.32 Å². The number of amides is 1. The molecule has 1 N–H and O–H groups in total. The number of anilines is 1. The van der Waals surface area contributed by atoms with Crippen molar-refractivity contribution in [3.63, 3.8) is 0 Å². The van der Waals surface area contributed by atoms with Crippen molar-refractivity contribution in [3.8, 4) is 5.75 Å². The second-order valence-corrected chi connectivity index (χ2v) is 5.39. The van der Waals surface area contributed by atoms with Gasteiger partial charge in [-0.1, -0.05) is 0 Å². The summed E-state index contributed by atoms with van der Waals surface area (Å²) in [6.07, 6.45) is 2.99. The van der Waals surface area contributed by atoms with Gasteiger partial charge in [0.2, 0.25) is 5.91 Å². The lowest BCUT2D eigenvalue weighted by atomic mass is 10.1. The Kier molecular flexibility index (Phi) is 6.99. The number of carbonyl (C=O) groups is 1. The van der Waals surface area contributed by atoms with Gasteiger partial charge in [0.15, 0.2) is 0 Å². The maximum absolute atomic E-state index is 12.5. The van der Waals surface area contributed by atoms with E-state index < -0.39 is 0 Å². The Labute approximate surface area is 133 Å². The molecule has 0 saturated heterocycles. The number of nitrogens with one attached hydrogen (secondary N) is 1. The second kappa shape index (κ2) is 8.25. The van der Waals surface area contributed by atoms with Crippen LogP contribution in [-0.2, 0) is 4.79 Å². The Morgan fingerprint density at radius 2 is 2.00 bits per heavy atom. The van der Waals surface area contributed by atoms with E-state index in [0.717, 1.165) is 11.4 Å². The van der Waals surface area contributed by atoms with Crippen LogP contribution in [0.2, 0.25) is 0 Å². The van der Waals surface area contributed by atoms with Crippen LogP contribution in [0.5, 0.6) is 5.75 Å². The van der Waals surface area contributed by atoms with Gasteiger partial charge in [0.25, 0.3) is 0 Å². The highest BCUT2D eigenvalue weighted by molar-refractivity contribution is 5.94. The van der Waals surface area contributed by atoms with Gasteiger partial charge in [0, 0.05) is 24.7 Å². The Morgan fingerprint density at radius 3 is 2.48 bits per heavy atom. The molecule has 0 heterocycles. The average molecular weight is 313 g/mol. The largest absolute Gasteiger partial charge is 0.497 e. The summed E-state index contributed by atoms with van der Waals surface area (Å²) >= 11 is 0. The number of rotatable bonds is 7. The van der Waals surface area contributed by atoms with Gasteiger partial charge in [0.1, 0.15) is 5.75 Å². The molecule has 1 amide bonds. The predicted molar refractivity (Wildman–Crippen MR) is 88.5 cm³/mol. The lowest BCUT2D eigenvalue weighted by Gasteiger charge is -2.30. The summed E-state index contributed by atoms with van der Waals surface area (Å²) in [6, 6.07) is 8.03. The van der Waals surface area contributed by atoms with Gasteiger partial charge in [-0.15, -0.1) is 12.4 Å². The Hall–Kier alpha value is -1.26. The van der Waals surface area contributed by atoms with Gasteiger partial charge in [-0.3, -0.25) is 4.79 Å². The van der Waals surface area contributed by atoms with Crippen molar-refractivity contribution in [2.75, 3.05) is 25.6 Å². The van der Waals surface area contributed by atoms with E-state index in [-0.39, 0.29) is 24.4 Å². The molecule has 118 valence electrons. The van der Waals surface area contributed by atoms with E-state index in [2.05, 4.69) is 12.2 Å². The third-order valence-electron chi connectivity index (χ3n) is 3.92. The maximum Gasteiger partial charge on any atom is 0.228 e. The van der Waals surface area contributed by atoms with Crippen LogP contribution in [0, 0.1) is 5.92 Å². The normalized spacial score (nSPS) is 15.0. The molecule has 0 aromatic heterocycles. The Morgan fingerprint density at radius 1 is 1.38 bits per heavy atom. The van der Waals surface area contributed by atoms with Crippen molar-refractivity contribution in [2.45, 2.75) is 32.2 Å². The smallest absolute Gasteiger partial charge is 0.228 e. The molecule has 0 aliphatic heterocycles. The van der Waals surface area contributed by atoms with Gasteiger partial charge in [-0.05, 0) is 57.0 Å². The number of benzene rings is 1. The zero-order chi connectivity index (χ0) is 14.5. The van der Waals surface area contributed by atoms with Crippen LogP contribution in [0.3, 0.4) is 0 Å². The van der Waals surface area contributed by atoms with Crippen molar-refractivity contribution < 1.29 is 9.53 Å². The fraction of sp³-hybridized carbons (Fsp3) is 0.562. The summed E-state index contributed by atoms with van der Waals surface area (Å²) in [7, 11) is 3.52. The van der Waals surface area contributed by atoms with Crippen molar-refractivity contribution in [1.29, 1.82) is 0 Å². The molecule has 1 unspecified atom stereocenters. The zero-order valence-corrected chi connectivity index (χ0v) is 13.8. The Bertz CT molecular complexity index is 446. The van der Waals surface area contributed by atoms with E-state index in [1.165, 1.54) is 12.8 Å². The number of halogens is 1. The number of carbonyl (C=O) groups excluding carboxylic acids is 1. The van der Waals surface area contributed by atoms with Crippen LogP contribution in [0.1, 0.15) is 26.2 Å². The first-order valence-electron chi connectivity index (χ1n) is 7.28. The quantitative estimate of drug-likeness (QED) is 0.842. The number of hydrogen-bond donors (Lipinski definition) is 1. The van der Waals surface area contributed by atoms with Crippen LogP contribution >= 0.6 is 12.4 Å². The van der Waals surface area contributed by atoms with E-state index in [0.29, 0.717) is 18.9 Å². The van der Waals surface area contributed by atoms with E-state index >= 15 is 0 Å². The highest BCUT2D eigenvalue weighted by Gasteiger charge is 2.34. The summed E-state index contributed by atoms with van der Waals surface area (Å²) in [5, 5.41) is 3.04. The minimum Gasteiger partial charge on any atom is -0.497 e. The molecule has 1 fully saturated rings. The van der Waals surface area contributed by atoms with E-state index in [1.54, 1.807) is 7.11 Å². The number of nitrogens with zero attached hydrogens (tertiary/aromatic N) is 1. The summed E-state index contributed by atoms with van der Waals surface area (Å²) in [5.74, 6) is 1.65. The van der Waals surface area contributed by atoms with Crippen LogP contribution in [0.15, 0.2) is 24.3 Å². The van der Waals surface area contributed by atoms with Gasteiger partial charge < -0.3 is 15.0 Å². The van der Waals surface area contributed by atoms with Gasteiger partial charge in [0.05, 0.1) is 7.11 Å². The molecule has 0 spiro atoms. The SMILES string of the molecule is CNCCC(=O)N(c1ccc(OC)cc1)C(C)C1CC1.Cl. The topological polar surface area (TPSA) is 41.6 Å². The monoisotopic (exact) mass is 312 g/mol. The molecule has 1 aliphatic carbocycles. The third-order valence-corrected chi connectivity index (χ3v) is 3.92. The molecule has 1 aromatic carbocycles. The number of methoxy groups -OCH3 is 1. The first kappa shape index (κ1) is 17.8. The molecule has 21 heavy (non-hydrogen) atoms. The van der Waals surface area contributed by atoms with Crippen LogP contribution < -0.4 is 15.0 Å². The van der Waals surface area contributed by atoms with Gasteiger partial charge in [-0.25, -0.2) is 0 Å². The van der Waals surface area contributed by atoms with Crippen LogP contribution in [-0.4, -0.2) is 32.7 Å². The lowest BCUT2D eigenvalue weighted by molar-refractivity contribution is -0.119. The molecule has 4 nitrogen and oxygen atoms in total. The maximum atomic E-state index is 12.5. The first-order valence-corrected chi connectivity index (χ1v) is 7.28. The summed E-state index contributed by atoms with van der Waals surface area (Å²) in [4.78, 5) is 14.4. The fourth-order valence-electron chi connectivity index (χ4n) is 2.49. The Balaban J connectivity index is 0.00000220. The highest BCUT2D eigenvalue weighted by Crippen LogP contribution is 2.37.